The van der Waals surface area contributed by atoms with Crippen LogP contribution in [0.25, 0.3) is 0 Å². The summed E-state index contributed by atoms with van der Waals surface area (Å²) in [6.45, 7) is 6.28. The molecule has 0 fully saturated rings. The predicted molar refractivity (Wildman–Crippen MR) is 67.7 cm³/mol. The number of methoxy groups -OCH3 is 1. The molecule has 0 amide bonds. The fraction of sp³-hybridized carbons (Fsp3) is 0.923. The lowest BCUT2D eigenvalue weighted by Crippen LogP contribution is -2.27. The van der Waals surface area contributed by atoms with Crippen LogP contribution in [0.1, 0.15) is 46.0 Å². The number of ketones is 1. The summed E-state index contributed by atoms with van der Waals surface area (Å²) >= 11 is 0. The van der Waals surface area contributed by atoms with E-state index < -0.39 is 0 Å². The van der Waals surface area contributed by atoms with Crippen LogP contribution in [0.3, 0.4) is 0 Å². The molecule has 3 heteroatoms. The third kappa shape index (κ3) is 8.86. The lowest BCUT2D eigenvalue weighted by atomic mass is 9.94. The van der Waals surface area contributed by atoms with Gasteiger partial charge in [0.15, 0.2) is 0 Å². The van der Waals surface area contributed by atoms with Crippen molar-refractivity contribution in [3.05, 3.63) is 0 Å². The van der Waals surface area contributed by atoms with Crippen molar-refractivity contribution >= 4 is 5.78 Å². The molecular formula is C13H27NO2. The zero-order valence-corrected chi connectivity index (χ0v) is 11.1. The number of carbonyl (C=O) groups is 1. The topological polar surface area (TPSA) is 38.3 Å². The van der Waals surface area contributed by atoms with Gasteiger partial charge in [0.05, 0.1) is 13.2 Å². The molecule has 0 heterocycles. The number of ether oxygens (including phenoxy) is 1. The monoisotopic (exact) mass is 229 g/mol. The quantitative estimate of drug-likeness (QED) is 0.553. The van der Waals surface area contributed by atoms with Crippen LogP contribution < -0.4 is 5.32 Å². The van der Waals surface area contributed by atoms with E-state index in [1.165, 1.54) is 19.3 Å². The number of hydrogen-bond donors (Lipinski definition) is 1. The van der Waals surface area contributed by atoms with Gasteiger partial charge in [-0.3, -0.25) is 4.79 Å². The Morgan fingerprint density at radius 1 is 1.38 bits per heavy atom. The second-order valence-electron chi connectivity index (χ2n) is 4.33. The van der Waals surface area contributed by atoms with E-state index >= 15 is 0 Å². The van der Waals surface area contributed by atoms with Gasteiger partial charge in [0.1, 0.15) is 5.78 Å². The molecule has 0 bridgehead atoms. The summed E-state index contributed by atoms with van der Waals surface area (Å²) in [5.41, 5.74) is 0. The number of carbonyl (C=O) groups excluding carboxylic acids is 1. The maximum absolute atomic E-state index is 11.6. The van der Waals surface area contributed by atoms with Crippen LogP contribution in [-0.2, 0) is 9.53 Å². The van der Waals surface area contributed by atoms with Gasteiger partial charge in [-0.15, -0.1) is 0 Å². The summed E-state index contributed by atoms with van der Waals surface area (Å²) in [7, 11) is 1.67. The SMILES string of the molecule is CCCCC(CC)CC(=O)CNCCOC. The molecule has 96 valence electrons. The molecule has 0 rings (SSSR count). The summed E-state index contributed by atoms with van der Waals surface area (Å²) in [5.74, 6) is 0.913. The first-order chi connectivity index (χ1) is 7.74. The molecule has 1 N–H and O–H groups in total. The molecule has 0 aromatic heterocycles. The molecule has 0 radical (unpaired) electrons. The van der Waals surface area contributed by atoms with Crippen LogP contribution in [0, 0.1) is 5.92 Å². The smallest absolute Gasteiger partial charge is 0.146 e. The molecule has 1 atom stereocenters. The Morgan fingerprint density at radius 3 is 2.69 bits per heavy atom. The molecule has 0 aromatic rings. The first-order valence-corrected chi connectivity index (χ1v) is 6.45. The van der Waals surface area contributed by atoms with E-state index in [1.54, 1.807) is 7.11 Å². The fourth-order valence-corrected chi connectivity index (χ4v) is 1.74. The summed E-state index contributed by atoms with van der Waals surface area (Å²) < 4.78 is 4.91. The minimum Gasteiger partial charge on any atom is -0.383 e. The van der Waals surface area contributed by atoms with Gasteiger partial charge in [0.25, 0.3) is 0 Å². The third-order valence-electron chi connectivity index (χ3n) is 2.86. The van der Waals surface area contributed by atoms with E-state index in [1.807, 2.05) is 0 Å². The number of unbranched alkanes of at least 4 members (excludes halogenated alkanes) is 1. The Bertz CT molecular complexity index is 171. The van der Waals surface area contributed by atoms with Crippen molar-refractivity contribution in [2.75, 3.05) is 26.8 Å². The second-order valence-corrected chi connectivity index (χ2v) is 4.33. The van der Waals surface area contributed by atoms with Crippen molar-refractivity contribution in [3.8, 4) is 0 Å². The zero-order valence-electron chi connectivity index (χ0n) is 11.1. The lowest BCUT2D eigenvalue weighted by Gasteiger charge is -2.13. The Kier molecular flexibility index (Phi) is 10.8. The van der Waals surface area contributed by atoms with Crippen LogP contribution in [-0.4, -0.2) is 32.6 Å². The van der Waals surface area contributed by atoms with Crippen molar-refractivity contribution in [1.82, 2.24) is 5.32 Å². The maximum Gasteiger partial charge on any atom is 0.146 e. The van der Waals surface area contributed by atoms with Crippen LogP contribution in [0.5, 0.6) is 0 Å². The molecule has 0 spiro atoms. The van der Waals surface area contributed by atoms with E-state index in [-0.39, 0.29) is 0 Å². The van der Waals surface area contributed by atoms with Crippen molar-refractivity contribution in [2.45, 2.75) is 46.0 Å². The first-order valence-electron chi connectivity index (χ1n) is 6.45. The Morgan fingerprint density at radius 2 is 2.12 bits per heavy atom. The largest absolute Gasteiger partial charge is 0.383 e. The first kappa shape index (κ1) is 15.6. The summed E-state index contributed by atoms with van der Waals surface area (Å²) in [6.07, 6.45) is 5.50. The van der Waals surface area contributed by atoms with E-state index in [9.17, 15) is 4.79 Å². The van der Waals surface area contributed by atoms with E-state index in [0.29, 0.717) is 24.9 Å². The summed E-state index contributed by atoms with van der Waals surface area (Å²) in [4.78, 5) is 11.6. The number of hydrogen-bond acceptors (Lipinski definition) is 3. The van der Waals surface area contributed by atoms with Crippen LogP contribution >= 0.6 is 0 Å². The highest BCUT2D eigenvalue weighted by molar-refractivity contribution is 5.80. The van der Waals surface area contributed by atoms with E-state index in [2.05, 4.69) is 19.2 Å². The number of nitrogens with one attached hydrogen (secondary N) is 1. The van der Waals surface area contributed by atoms with Crippen molar-refractivity contribution in [3.63, 3.8) is 0 Å². The average Bonchev–Trinajstić information content (AvgIpc) is 2.30. The van der Waals surface area contributed by atoms with Gasteiger partial charge in [-0.25, -0.2) is 0 Å². The van der Waals surface area contributed by atoms with Crippen molar-refractivity contribution in [2.24, 2.45) is 5.92 Å². The highest BCUT2D eigenvalue weighted by Gasteiger charge is 2.11. The molecule has 1 unspecified atom stereocenters. The fourth-order valence-electron chi connectivity index (χ4n) is 1.74. The standard InChI is InChI=1S/C13H27NO2/c1-4-6-7-12(5-2)10-13(15)11-14-8-9-16-3/h12,14H,4-11H2,1-3H3. The molecule has 0 saturated heterocycles. The van der Waals surface area contributed by atoms with Gasteiger partial charge in [-0.05, 0) is 5.92 Å². The molecule has 3 nitrogen and oxygen atoms in total. The summed E-state index contributed by atoms with van der Waals surface area (Å²) in [5, 5.41) is 3.10. The number of rotatable bonds is 11. The van der Waals surface area contributed by atoms with Crippen LogP contribution in [0.4, 0.5) is 0 Å². The molecule has 0 aliphatic heterocycles. The van der Waals surface area contributed by atoms with Crippen LogP contribution in [0.15, 0.2) is 0 Å². The zero-order chi connectivity index (χ0) is 12.2. The van der Waals surface area contributed by atoms with Crippen molar-refractivity contribution in [1.29, 1.82) is 0 Å². The predicted octanol–water partition coefficient (Wildman–Crippen LogP) is 2.40. The molecule has 0 aromatic carbocycles. The van der Waals surface area contributed by atoms with E-state index in [0.717, 1.165) is 19.4 Å². The highest BCUT2D eigenvalue weighted by atomic mass is 16.5. The Hall–Kier alpha value is -0.410. The lowest BCUT2D eigenvalue weighted by molar-refractivity contribution is -0.119. The third-order valence-corrected chi connectivity index (χ3v) is 2.86. The van der Waals surface area contributed by atoms with Crippen LogP contribution in [0.2, 0.25) is 0 Å². The second kappa shape index (κ2) is 11.1. The van der Waals surface area contributed by atoms with E-state index in [4.69, 9.17) is 4.74 Å². The van der Waals surface area contributed by atoms with Gasteiger partial charge in [0.2, 0.25) is 0 Å². The van der Waals surface area contributed by atoms with Gasteiger partial charge in [-0.1, -0.05) is 39.5 Å². The molecule has 0 aliphatic carbocycles. The maximum atomic E-state index is 11.6. The minimum absolute atomic E-state index is 0.332. The summed E-state index contributed by atoms with van der Waals surface area (Å²) in [6, 6.07) is 0. The highest BCUT2D eigenvalue weighted by Crippen LogP contribution is 2.16. The Balaban J connectivity index is 3.57. The minimum atomic E-state index is 0.332. The number of Topliss-reactive ketones (excluding diaryl/α,β-unsaturated/α-hetero) is 1. The molecule has 16 heavy (non-hydrogen) atoms. The van der Waals surface area contributed by atoms with Gasteiger partial charge < -0.3 is 10.1 Å². The Labute approximate surface area is 99.9 Å². The molecule has 0 aliphatic rings. The van der Waals surface area contributed by atoms with Crippen molar-refractivity contribution < 1.29 is 9.53 Å². The van der Waals surface area contributed by atoms with Gasteiger partial charge in [-0.2, -0.15) is 0 Å². The van der Waals surface area contributed by atoms with Gasteiger partial charge in [0, 0.05) is 20.1 Å². The van der Waals surface area contributed by atoms with Gasteiger partial charge >= 0.3 is 0 Å². The normalized spacial score (nSPS) is 12.7. The average molecular weight is 229 g/mol. The molecule has 0 saturated carbocycles. The molecular weight excluding hydrogens is 202 g/mol.